The molecule has 0 saturated carbocycles. The fraction of sp³-hybridized carbons (Fsp3) is 0. The third-order valence-electron chi connectivity index (χ3n) is 8.57. The molecular formula is C40H25N3. The zero-order valence-corrected chi connectivity index (χ0v) is 23.3. The van der Waals surface area contributed by atoms with Crippen LogP contribution in [0.5, 0.6) is 0 Å². The summed E-state index contributed by atoms with van der Waals surface area (Å²) in [5.41, 5.74) is 13.3. The zero-order valence-electron chi connectivity index (χ0n) is 23.3. The highest BCUT2D eigenvalue weighted by molar-refractivity contribution is 6.18. The van der Waals surface area contributed by atoms with E-state index in [1.54, 1.807) is 0 Å². The Morgan fingerprint density at radius 1 is 0.419 bits per heavy atom. The number of nitrogens with zero attached hydrogens (tertiary/aromatic N) is 3. The lowest BCUT2D eigenvalue weighted by molar-refractivity contribution is 1.17. The smallest absolute Gasteiger partial charge is 0.161 e. The molecule has 0 atom stereocenters. The lowest BCUT2D eigenvalue weighted by atomic mass is 9.90. The summed E-state index contributed by atoms with van der Waals surface area (Å²) in [4.78, 5) is 10.5. The van der Waals surface area contributed by atoms with Crippen molar-refractivity contribution in [3.63, 3.8) is 0 Å². The average Bonchev–Trinajstić information content (AvgIpc) is 3.36. The van der Waals surface area contributed by atoms with Gasteiger partial charge >= 0.3 is 0 Å². The van der Waals surface area contributed by atoms with Gasteiger partial charge in [0.2, 0.25) is 0 Å². The van der Waals surface area contributed by atoms with Crippen molar-refractivity contribution >= 4 is 21.8 Å². The molecule has 0 aliphatic carbocycles. The molecule has 3 heterocycles. The number of hydrogen-bond donors (Lipinski definition) is 0. The molecule has 200 valence electrons. The molecule has 43 heavy (non-hydrogen) atoms. The van der Waals surface area contributed by atoms with E-state index in [1.165, 1.54) is 44.2 Å². The van der Waals surface area contributed by atoms with E-state index in [-0.39, 0.29) is 0 Å². The van der Waals surface area contributed by atoms with Crippen molar-refractivity contribution in [2.45, 2.75) is 0 Å². The van der Waals surface area contributed by atoms with Gasteiger partial charge in [-0.1, -0.05) is 127 Å². The van der Waals surface area contributed by atoms with Gasteiger partial charge in [-0.05, 0) is 35.4 Å². The predicted molar refractivity (Wildman–Crippen MR) is 177 cm³/mol. The Bertz CT molecular complexity index is 2280. The van der Waals surface area contributed by atoms with E-state index < -0.39 is 0 Å². The van der Waals surface area contributed by atoms with E-state index in [2.05, 4.69) is 144 Å². The van der Waals surface area contributed by atoms with E-state index in [1.807, 2.05) is 12.1 Å². The third kappa shape index (κ3) is 3.62. The van der Waals surface area contributed by atoms with Crippen LogP contribution in [-0.2, 0) is 0 Å². The molecule has 9 rings (SSSR count). The lowest BCUT2D eigenvalue weighted by Gasteiger charge is -2.15. The van der Waals surface area contributed by atoms with Crippen molar-refractivity contribution < 1.29 is 0 Å². The van der Waals surface area contributed by atoms with Crippen LogP contribution in [0, 0.1) is 0 Å². The van der Waals surface area contributed by atoms with Crippen LogP contribution in [-0.4, -0.2) is 14.5 Å². The second-order valence-corrected chi connectivity index (χ2v) is 11.0. The molecule has 0 amide bonds. The molecular weight excluding hydrogens is 522 g/mol. The van der Waals surface area contributed by atoms with E-state index in [0.29, 0.717) is 0 Å². The van der Waals surface area contributed by atoms with Crippen LogP contribution in [0.2, 0.25) is 0 Å². The fourth-order valence-electron chi connectivity index (χ4n) is 6.68. The summed E-state index contributed by atoms with van der Waals surface area (Å²) in [5.74, 6) is 0.717. The second-order valence-electron chi connectivity index (χ2n) is 11.0. The van der Waals surface area contributed by atoms with Gasteiger partial charge in [-0.3, -0.25) is 0 Å². The summed E-state index contributed by atoms with van der Waals surface area (Å²) in [5, 5.41) is 2.46. The maximum Gasteiger partial charge on any atom is 0.161 e. The molecule has 0 unspecified atom stereocenters. The summed E-state index contributed by atoms with van der Waals surface area (Å²) in [6.45, 7) is 0. The average molecular weight is 548 g/mol. The van der Waals surface area contributed by atoms with Gasteiger partial charge < -0.3 is 4.57 Å². The highest BCUT2D eigenvalue weighted by Crippen LogP contribution is 2.49. The van der Waals surface area contributed by atoms with Gasteiger partial charge in [-0.25, -0.2) is 9.97 Å². The molecule has 0 fully saturated rings. The molecule has 0 bridgehead atoms. The van der Waals surface area contributed by atoms with Crippen LogP contribution in [0.25, 0.3) is 83.6 Å². The summed E-state index contributed by atoms with van der Waals surface area (Å²) in [6.07, 6.45) is 0. The van der Waals surface area contributed by atoms with Crippen LogP contribution in [0.1, 0.15) is 0 Å². The largest absolute Gasteiger partial charge is 0.308 e. The zero-order chi connectivity index (χ0) is 28.3. The van der Waals surface area contributed by atoms with Crippen molar-refractivity contribution in [2.24, 2.45) is 0 Å². The van der Waals surface area contributed by atoms with E-state index in [0.717, 1.165) is 39.5 Å². The minimum Gasteiger partial charge on any atom is -0.308 e. The normalized spacial score (nSPS) is 11.7. The van der Waals surface area contributed by atoms with Gasteiger partial charge in [0.1, 0.15) is 0 Å². The van der Waals surface area contributed by atoms with Gasteiger partial charge in [0.05, 0.1) is 28.1 Å². The molecule has 1 aliphatic rings. The highest BCUT2D eigenvalue weighted by Gasteiger charge is 2.27. The van der Waals surface area contributed by atoms with Gasteiger partial charge in [0.15, 0.2) is 5.82 Å². The minimum atomic E-state index is 0.717. The van der Waals surface area contributed by atoms with Crippen LogP contribution in [0.4, 0.5) is 0 Å². The Labute approximate surface area is 249 Å². The molecule has 0 N–H and O–H groups in total. The number of fused-ring (bicyclic) bond motifs is 8. The number of hydrogen-bond acceptors (Lipinski definition) is 2. The van der Waals surface area contributed by atoms with E-state index in [4.69, 9.17) is 9.97 Å². The Kier molecular flexibility index (Phi) is 5.20. The molecule has 8 aromatic rings. The number of para-hydroxylation sites is 2. The van der Waals surface area contributed by atoms with Gasteiger partial charge in [-0.15, -0.1) is 0 Å². The number of aromatic nitrogens is 3. The molecule has 1 aliphatic heterocycles. The first kappa shape index (κ1) is 23.9. The predicted octanol–water partition coefficient (Wildman–Crippen LogP) is 10.2. The molecule has 0 radical (unpaired) electrons. The lowest BCUT2D eigenvalue weighted by Crippen LogP contribution is -1.99. The summed E-state index contributed by atoms with van der Waals surface area (Å²) < 4.78 is 2.44. The van der Waals surface area contributed by atoms with Crippen molar-refractivity contribution in [3.8, 4) is 61.8 Å². The molecule has 2 aromatic heterocycles. The molecule has 3 nitrogen and oxygen atoms in total. The monoisotopic (exact) mass is 547 g/mol. The maximum absolute atomic E-state index is 5.25. The Morgan fingerprint density at radius 2 is 1.00 bits per heavy atom. The van der Waals surface area contributed by atoms with Crippen molar-refractivity contribution in [1.29, 1.82) is 0 Å². The van der Waals surface area contributed by atoms with Crippen LogP contribution < -0.4 is 0 Å². The first-order valence-corrected chi connectivity index (χ1v) is 14.6. The molecule has 0 saturated heterocycles. The molecule has 0 spiro atoms. The molecule has 6 aromatic carbocycles. The van der Waals surface area contributed by atoms with Crippen molar-refractivity contribution in [3.05, 3.63) is 152 Å². The topological polar surface area (TPSA) is 30.7 Å². The van der Waals surface area contributed by atoms with Gasteiger partial charge in [0.25, 0.3) is 0 Å². The quantitative estimate of drug-likeness (QED) is 0.220. The Hall–Kier alpha value is -5.80. The summed E-state index contributed by atoms with van der Waals surface area (Å²) >= 11 is 0. The van der Waals surface area contributed by atoms with E-state index >= 15 is 0 Å². The first-order chi connectivity index (χ1) is 21.3. The highest BCUT2D eigenvalue weighted by atomic mass is 15.0. The Balaban J connectivity index is 1.44. The van der Waals surface area contributed by atoms with E-state index in [9.17, 15) is 0 Å². The third-order valence-corrected chi connectivity index (χ3v) is 8.57. The van der Waals surface area contributed by atoms with Crippen molar-refractivity contribution in [2.75, 3.05) is 0 Å². The SMILES string of the molecule is c1ccc(-c2cc(-c3ccccc3)nc(-c3ccc4c5ccccc5n5c4c3-c3ccccc3-c3ccccc3-5)n2)cc1. The Morgan fingerprint density at radius 3 is 1.72 bits per heavy atom. The first-order valence-electron chi connectivity index (χ1n) is 14.6. The second kappa shape index (κ2) is 9.37. The van der Waals surface area contributed by atoms with Gasteiger partial charge in [0, 0.05) is 38.6 Å². The summed E-state index contributed by atoms with van der Waals surface area (Å²) in [6, 6.07) is 53.6. The summed E-state index contributed by atoms with van der Waals surface area (Å²) in [7, 11) is 0. The maximum atomic E-state index is 5.25. The fourth-order valence-corrected chi connectivity index (χ4v) is 6.68. The van der Waals surface area contributed by atoms with Crippen LogP contribution in [0.3, 0.4) is 0 Å². The van der Waals surface area contributed by atoms with Gasteiger partial charge in [-0.2, -0.15) is 0 Å². The minimum absolute atomic E-state index is 0.717. The standard InChI is InChI=1S/C40H25N3/c1-3-13-26(14-4-1)34-25-35(27-15-5-2-6-16-27)42-40(41-34)33-24-23-32-30-19-10-12-22-37(30)43-36-21-11-9-18-29(36)28-17-7-8-20-31(28)38(33)39(32)43/h1-25H. The van der Waals surface area contributed by atoms with Crippen LogP contribution in [0.15, 0.2) is 152 Å². The molecule has 3 heteroatoms. The number of benzene rings is 6. The van der Waals surface area contributed by atoms with Crippen LogP contribution >= 0.6 is 0 Å². The number of rotatable bonds is 3. The van der Waals surface area contributed by atoms with Crippen molar-refractivity contribution in [1.82, 2.24) is 14.5 Å².